The number of ether oxygens (including phenoxy) is 1. The van der Waals surface area contributed by atoms with E-state index < -0.39 is 15.8 Å². The highest BCUT2D eigenvalue weighted by Crippen LogP contribution is 2.16. The van der Waals surface area contributed by atoms with E-state index in [1.54, 1.807) is 0 Å². The van der Waals surface area contributed by atoms with Crippen LogP contribution in [0, 0.1) is 5.82 Å². The van der Waals surface area contributed by atoms with Gasteiger partial charge in [-0.2, -0.15) is 0 Å². The molecule has 0 bridgehead atoms. The Morgan fingerprint density at radius 3 is 2.71 bits per heavy atom. The molecule has 0 amide bonds. The van der Waals surface area contributed by atoms with Gasteiger partial charge in [0.15, 0.2) is 0 Å². The molecule has 1 heterocycles. The highest BCUT2D eigenvalue weighted by Gasteiger charge is 2.19. The van der Waals surface area contributed by atoms with Crippen LogP contribution in [0.25, 0.3) is 0 Å². The summed E-state index contributed by atoms with van der Waals surface area (Å²) in [5.74, 6) is -0.772. The van der Waals surface area contributed by atoms with E-state index >= 15 is 0 Å². The van der Waals surface area contributed by atoms with Crippen LogP contribution in [0.15, 0.2) is 23.1 Å². The van der Waals surface area contributed by atoms with Crippen molar-refractivity contribution in [3.63, 3.8) is 0 Å². The van der Waals surface area contributed by atoms with Gasteiger partial charge in [-0.25, -0.2) is 17.5 Å². The van der Waals surface area contributed by atoms with Gasteiger partial charge in [-0.3, -0.25) is 4.90 Å². The van der Waals surface area contributed by atoms with E-state index in [-0.39, 0.29) is 18.0 Å². The molecule has 1 saturated heterocycles. The van der Waals surface area contributed by atoms with Gasteiger partial charge in [0.25, 0.3) is 0 Å². The summed E-state index contributed by atoms with van der Waals surface area (Å²) in [6, 6.07) is 3.87. The van der Waals surface area contributed by atoms with E-state index in [4.69, 9.17) is 10.5 Å². The van der Waals surface area contributed by atoms with E-state index in [1.165, 1.54) is 12.1 Å². The monoisotopic (exact) mass is 317 g/mol. The fraction of sp³-hybridized carbons (Fsp3) is 0.538. The number of benzene rings is 1. The smallest absolute Gasteiger partial charge is 0.243 e. The first kappa shape index (κ1) is 16.3. The number of rotatable bonds is 6. The van der Waals surface area contributed by atoms with E-state index in [0.29, 0.717) is 25.3 Å². The van der Waals surface area contributed by atoms with Crippen molar-refractivity contribution in [2.45, 2.75) is 11.4 Å². The van der Waals surface area contributed by atoms with Crippen molar-refractivity contribution >= 4 is 10.0 Å². The molecule has 1 aromatic rings. The lowest BCUT2D eigenvalue weighted by atomic mass is 10.2. The molecule has 0 atom stereocenters. The maximum atomic E-state index is 13.7. The molecule has 21 heavy (non-hydrogen) atoms. The lowest BCUT2D eigenvalue weighted by Crippen LogP contribution is -2.41. The van der Waals surface area contributed by atoms with Gasteiger partial charge in [0, 0.05) is 32.7 Å². The van der Waals surface area contributed by atoms with Crippen LogP contribution in [-0.2, 0) is 21.3 Å². The SMILES string of the molecule is NCc1ccc(F)c(S(=O)(=O)NCCN2CCOCC2)c1. The Labute approximate surface area is 124 Å². The topological polar surface area (TPSA) is 84.7 Å². The van der Waals surface area contributed by atoms with Gasteiger partial charge in [-0.15, -0.1) is 0 Å². The Morgan fingerprint density at radius 1 is 1.33 bits per heavy atom. The third kappa shape index (κ3) is 4.45. The zero-order valence-electron chi connectivity index (χ0n) is 11.7. The van der Waals surface area contributed by atoms with Crippen LogP contribution >= 0.6 is 0 Å². The average Bonchev–Trinajstić information content (AvgIpc) is 2.48. The summed E-state index contributed by atoms with van der Waals surface area (Å²) in [5, 5.41) is 0. The minimum atomic E-state index is -3.86. The molecule has 1 aromatic carbocycles. The predicted molar refractivity (Wildman–Crippen MR) is 76.7 cm³/mol. The highest BCUT2D eigenvalue weighted by atomic mass is 32.2. The van der Waals surface area contributed by atoms with Crippen molar-refractivity contribution in [1.29, 1.82) is 0 Å². The van der Waals surface area contributed by atoms with E-state index in [1.807, 2.05) is 0 Å². The Balaban J connectivity index is 1.97. The molecule has 0 radical (unpaired) electrons. The van der Waals surface area contributed by atoms with Crippen LogP contribution < -0.4 is 10.5 Å². The molecular formula is C13H20FN3O3S. The van der Waals surface area contributed by atoms with Gasteiger partial charge in [0.2, 0.25) is 10.0 Å². The van der Waals surface area contributed by atoms with Gasteiger partial charge < -0.3 is 10.5 Å². The zero-order valence-corrected chi connectivity index (χ0v) is 12.5. The standard InChI is InChI=1S/C13H20FN3O3S/c14-12-2-1-11(10-15)9-13(12)21(18,19)16-3-4-17-5-7-20-8-6-17/h1-2,9,16H,3-8,10,15H2. The molecule has 1 aliphatic rings. The summed E-state index contributed by atoms with van der Waals surface area (Å²) in [6.45, 7) is 3.82. The number of nitrogens with one attached hydrogen (secondary N) is 1. The quantitative estimate of drug-likeness (QED) is 0.765. The first-order valence-electron chi connectivity index (χ1n) is 6.81. The first-order valence-corrected chi connectivity index (χ1v) is 8.29. The second kappa shape index (κ2) is 7.28. The molecule has 0 saturated carbocycles. The number of morpholine rings is 1. The Morgan fingerprint density at radius 2 is 2.05 bits per heavy atom. The van der Waals surface area contributed by atoms with Gasteiger partial charge in [-0.05, 0) is 17.7 Å². The normalized spacial score (nSPS) is 17.0. The third-order valence-electron chi connectivity index (χ3n) is 3.34. The number of halogens is 1. The van der Waals surface area contributed by atoms with Crippen LogP contribution in [0.3, 0.4) is 0 Å². The maximum absolute atomic E-state index is 13.7. The second-order valence-electron chi connectivity index (χ2n) is 4.82. The van der Waals surface area contributed by atoms with Crippen molar-refractivity contribution in [3.8, 4) is 0 Å². The van der Waals surface area contributed by atoms with Gasteiger partial charge >= 0.3 is 0 Å². The molecular weight excluding hydrogens is 297 g/mol. The molecule has 2 rings (SSSR count). The summed E-state index contributed by atoms with van der Waals surface area (Å²) in [6.07, 6.45) is 0. The fourth-order valence-corrected chi connectivity index (χ4v) is 3.27. The largest absolute Gasteiger partial charge is 0.379 e. The van der Waals surface area contributed by atoms with Crippen molar-refractivity contribution < 1.29 is 17.5 Å². The van der Waals surface area contributed by atoms with E-state index in [9.17, 15) is 12.8 Å². The van der Waals surface area contributed by atoms with Gasteiger partial charge in [-0.1, -0.05) is 6.07 Å². The maximum Gasteiger partial charge on any atom is 0.243 e. The lowest BCUT2D eigenvalue weighted by Gasteiger charge is -2.26. The highest BCUT2D eigenvalue weighted by molar-refractivity contribution is 7.89. The number of sulfonamides is 1. The molecule has 0 aliphatic carbocycles. The lowest BCUT2D eigenvalue weighted by molar-refractivity contribution is 0.0390. The Hall–Kier alpha value is -1.06. The van der Waals surface area contributed by atoms with Gasteiger partial charge in [0.1, 0.15) is 10.7 Å². The summed E-state index contributed by atoms with van der Waals surface area (Å²) < 4.78 is 45.6. The summed E-state index contributed by atoms with van der Waals surface area (Å²) in [4.78, 5) is 1.74. The zero-order chi connectivity index (χ0) is 15.3. The number of hydrogen-bond donors (Lipinski definition) is 2. The molecule has 0 unspecified atom stereocenters. The molecule has 1 aliphatic heterocycles. The van der Waals surface area contributed by atoms with Crippen molar-refractivity contribution in [2.24, 2.45) is 5.73 Å². The Kier molecular flexibility index (Phi) is 5.65. The van der Waals surface area contributed by atoms with Crippen molar-refractivity contribution in [1.82, 2.24) is 9.62 Å². The molecule has 0 spiro atoms. The van der Waals surface area contributed by atoms with Crippen LogP contribution in [0.5, 0.6) is 0 Å². The average molecular weight is 317 g/mol. The minimum Gasteiger partial charge on any atom is -0.379 e. The molecule has 6 nitrogen and oxygen atoms in total. The van der Waals surface area contributed by atoms with Gasteiger partial charge in [0.05, 0.1) is 13.2 Å². The Bertz CT molecular complexity index is 574. The number of hydrogen-bond acceptors (Lipinski definition) is 5. The third-order valence-corrected chi connectivity index (χ3v) is 4.82. The molecule has 1 fully saturated rings. The van der Waals surface area contributed by atoms with Crippen LogP contribution in [-0.4, -0.2) is 52.7 Å². The van der Waals surface area contributed by atoms with Crippen LogP contribution in [0.4, 0.5) is 4.39 Å². The molecule has 8 heteroatoms. The van der Waals surface area contributed by atoms with Crippen molar-refractivity contribution in [3.05, 3.63) is 29.6 Å². The molecule has 3 N–H and O–H groups in total. The number of nitrogens with two attached hydrogens (primary N) is 1. The fourth-order valence-electron chi connectivity index (χ4n) is 2.12. The predicted octanol–water partition coefficient (Wildman–Crippen LogP) is -0.105. The summed E-state index contributed by atoms with van der Waals surface area (Å²) >= 11 is 0. The second-order valence-corrected chi connectivity index (χ2v) is 6.56. The number of nitrogens with zero attached hydrogens (tertiary/aromatic N) is 1. The molecule has 118 valence electrons. The summed E-state index contributed by atoms with van der Waals surface area (Å²) in [5.41, 5.74) is 6.03. The van der Waals surface area contributed by atoms with Crippen molar-refractivity contribution in [2.75, 3.05) is 39.4 Å². The van der Waals surface area contributed by atoms with E-state index in [2.05, 4.69) is 9.62 Å². The minimum absolute atomic E-state index is 0.163. The van der Waals surface area contributed by atoms with Crippen LogP contribution in [0.1, 0.15) is 5.56 Å². The molecule has 0 aromatic heterocycles. The van der Waals surface area contributed by atoms with Crippen LogP contribution in [0.2, 0.25) is 0 Å². The summed E-state index contributed by atoms with van der Waals surface area (Å²) in [7, 11) is -3.86. The first-order chi connectivity index (χ1) is 10.0. The van der Waals surface area contributed by atoms with E-state index in [0.717, 1.165) is 19.2 Å².